The van der Waals surface area contributed by atoms with Crippen LogP contribution in [-0.2, 0) is 14.6 Å². The molecule has 0 saturated carbocycles. The standard InChI is InChI=1S/C5H7FO3S/c6-4-3-10(8,9)2-1-5(4)7/h4H,1-3H2. The Balaban J connectivity index is 2.76. The molecule has 1 unspecified atom stereocenters. The molecule has 0 aromatic rings. The summed E-state index contributed by atoms with van der Waals surface area (Å²) >= 11 is 0. The number of rotatable bonds is 0. The lowest BCUT2D eigenvalue weighted by Gasteiger charge is -2.12. The highest BCUT2D eigenvalue weighted by Gasteiger charge is 2.30. The average Bonchev–Trinajstić information content (AvgIpc) is 1.79. The Morgan fingerprint density at radius 2 is 2.10 bits per heavy atom. The van der Waals surface area contributed by atoms with Gasteiger partial charge in [-0.3, -0.25) is 4.79 Å². The first-order valence-electron chi connectivity index (χ1n) is 2.88. The highest BCUT2D eigenvalue weighted by Crippen LogP contribution is 2.10. The minimum Gasteiger partial charge on any atom is -0.296 e. The van der Waals surface area contributed by atoms with Gasteiger partial charge in [0, 0.05) is 6.42 Å². The van der Waals surface area contributed by atoms with Crippen molar-refractivity contribution in [2.75, 3.05) is 11.5 Å². The number of alkyl halides is 1. The number of ketones is 1. The first-order chi connectivity index (χ1) is 4.51. The van der Waals surface area contributed by atoms with Crippen molar-refractivity contribution < 1.29 is 17.6 Å². The van der Waals surface area contributed by atoms with E-state index in [-0.39, 0.29) is 12.2 Å². The lowest BCUT2D eigenvalue weighted by Crippen LogP contribution is -2.34. The second-order valence-corrected chi connectivity index (χ2v) is 4.53. The molecule has 1 fully saturated rings. The molecule has 0 aliphatic carbocycles. The van der Waals surface area contributed by atoms with E-state index in [4.69, 9.17) is 0 Å². The maximum Gasteiger partial charge on any atom is 0.172 e. The summed E-state index contributed by atoms with van der Waals surface area (Å²) in [7, 11) is -3.26. The van der Waals surface area contributed by atoms with E-state index < -0.39 is 27.5 Å². The van der Waals surface area contributed by atoms with Crippen LogP contribution in [0.25, 0.3) is 0 Å². The first-order valence-corrected chi connectivity index (χ1v) is 4.70. The van der Waals surface area contributed by atoms with Crippen molar-refractivity contribution in [2.24, 2.45) is 0 Å². The zero-order chi connectivity index (χ0) is 7.78. The van der Waals surface area contributed by atoms with Crippen molar-refractivity contribution >= 4 is 15.6 Å². The lowest BCUT2D eigenvalue weighted by molar-refractivity contribution is -0.123. The van der Waals surface area contributed by atoms with E-state index in [0.717, 1.165) is 0 Å². The number of hydrogen-bond acceptors (Lipinski definition) is 3. The molecule has 1 rings (SSSR count). The molecule has 1 aliphatic heterocycles. The minimum atomic E-state index is -3.26. The van der Waals surface area contributed by atoms with Gasteiger partial charge in [0.1, 0.15) is 0 Å². The number of carbonyl (C=O) groups excluding carboxylic acids is 1. The molecule has 1 saturated heterocycles. The molecule has 58 valence electrons. The van der Waals surface area contributed by atoms with Gasteiger partial charge in [-0.15, -0.1) is 0 Å². The van der Waals surface area contributed by atoms with Crippen LogP contribution in [0.15, 0.2) is 0 Å². The molecule has 0 spiro atoms. The smallest absolute Gasteiger partial charge is 0.172 e. The van der Waals surface area contributed by atoms with Gasteiger partial charge in [0.05, 0.1) is 11.5 Å². The third-order valence-electron chi connectivity index (χ3n) is 1.41. The number of sulfone groups is 1. The largest absolute Gasteiger partial charge is 0.296 e. The Morgan fingerprint density at radius 1 is 1.50 bits per heavy atom. The summed E-state index contributed by atoms with van der Waals surface area (Å²) in [5.41, 5.74) is 0. The third kappa shape index (κ3) is 1.53. The number of carbonyl (C=O) groups is 1. The van der Waals surface area contributed by atoms with Crippen LogP contribution in [0.2, 0.25) is 0 Å². The minimum absolute atomic E-state index is 0.163. The first kappa shape index (κ1) is 7.65. The molecule has 1 heterocycles. The second kappa shape index (κ2) is 2.30. The fourth-order valence-electron chi connectivity index (χ4n) is 0.812. The normalized spacial score (nSPS) is 32.1. The molecule has 3 nitrogen and oxygen atoms in total. The average molecular weight is 166 g/mol. The van der Waals surface area contributed by atoms with E-state index in [1.165, 1.54) is 0 Å². The van der Waals surface area contributed by atoms with Crippen LogP contribution in [-0.4, -0.2) is 31.9 Å². The monoisotopic (exact) mass is 166 g/mol. The maximum atomic E-state index is 12.3. The molecule has 1 atom stereocenters. The summed E-state index contributed by atoms with van der Waals surface area (Å²) in [5, 5.41) is 0. The van der Waals surface area contributed by atoms with Gasteiger partial charge in [-0.1, -0.05) is 0 Å². The van der Waals surface area contributed by atoms with Crippen molar-refractivity contribution in [3.05, 3.63) is 0 Å². The van der Waals surface area contributed by atoms with Gasteiger partial charge in [-0.05, 0) is 0 Å². The molecule has 0 bridgehead atoms. The molecular weight excluding hydrogens is 159 g/mol. The molecule has 0 aromatic carbocycles. The molecule has 0 aromatic heterocycles. The van der Waals surface area contributed by atoms with Crippen molar-refractivity contribution in [1.29, 1.82) is 0 Å². The fraction of sp³-hybridized carbons (Fsp3) is 0.800. The molecule has 5 heteroatoms. The van der Waals surface area contributed by atoms with Gasteiger partial charge in [0.2, 0.25) is 0 Å². The van der Waals surface area contributed by atoms with Crippen LogP contribution in [0.5, 0.6) is 0 Å². The summed E-state index contributed by atoms with van der Waals surface area (Å²) < 4.78 is 33.6. The summed E-state index contributed by atoms with van der Waals surface area (Å²) in [6.07, 6.45) is -1.94. The van der Waals surface area contributed by atoms with Crippen molar-refractivity contribution in [1.82, 2.24) is 0 Å². The summed E-state index contributed by atoms with van der Waals surface area (Å²) in [6, 6.07) is 0. The Hall–Kier alpha value is -0.450. The van der Waals surface area contributed by atoms with Crippen LogP contribution in [0, 0.1) is 0 Å². The van der Waals surface area contributed by atoms with Gasteiger partial charge < -0.3 is 0 Å². The Bertz CT molecular complexity index is 244. The highest BCUT2D eigenvalue weighted by molar-refractivity contribution is 7.91. The van der Waals surface area contributed by atoms with E-state index in [2.05, 4.69) is 0 Å². The number of halogens is 1. The molecule has 1 aliphatic rings. The SMILES string of the molecule is O=C1CCS(=O)(=O)CC1F. The third-order valence-corrected chi connectivity index (χ3v) is 3.04. The zero-order valence-corrected chi connectivity index (χ0v) is 6.03. The molecule has 0 amide bonds. The predicted octanol–water partition coefficient (Wildman–Crippen LogP) is -0.288. The van der Waals surface area contributed by atoms with Crippen molar-refractivity contribution in [3.63, 3.8) is 0 Å². The predicted molar refractivity (Wildman–Crippen MR) is 33.2 cm³/mol. The molecule has 0 N–H and O–H groups in total. The van der Waals surface area contributed by atoms with Crippen molar-refractivity contribution in [3.8, 4) is 0 Å². The summed E-state index contributed by atoms with van der Waals surface area (Å²) in [5.74, 6) is -1.40. The number of hydrogen-bond donors (Lipinski definition) is 0. The Morgan fingerprint density at radius 3 is 2.50 bits per heavy atom. The van der Waals surface area contributed by atoms with Crippen LogP contribution in [0.4, 0.5) is 4.39 Å². The van der Waals surface area contributed by atoms with Crippen LogP contribution in [0.3, 0.4) is 0 Å². The van der Waals surface area contributed by atoms with Gasteiger partial charge in [-0.2, -0.15) is 0 Å². The summed E-state index contributed by atoms with van der Waals surface area (Å²) in [6.45, 7) is 0. The quantitative estimate of drug-likeness (QED) is 0.497. The highest BCUT2D eigenvalue weighted by atomic mass is 32.2. The topological polar surface area (TPSA) is 51.2 Å². The Kier molecular flexibility index (Phi) is 1.76. The van der Waals surface area contributed by atoms with E-state index in [1.54, 1.807) is 0 Å². The van der Waals surface area contributed by atoms with Crippen LogP contribution in [0.1, 0.15) is 6.42 Å². The van der Waals surface area contributed by atoms with E-state index in [1.807, 2.05) is 0 Å². The van der Waals surface area contributed by atoms with Gasteiger partial charge in [0.15, 0.2) is 21.8 Å². The second-order valence-electron chi connectivity index (χ2n) is 2.30. The van der Waals surface area contributed by atoms with Crippen molar-refractivity contribution in [2.45, 2.75) is 12.6 Å². The van der Waals surface area contributed by atoms with Gasteiger partial charge in [0.25, 0.3) is 0 Å². The lowest BCUT2D eigenvalue weighted by atomic mass is 10.2. The zero-order valence-electron chi connectivity index (χ0n) is 5.21. The maximum absolute atomic E-state index is 12.3. The van der Waals surface area contributed by atoms with E-state index in [0.29, 0.717) is 0 Å². The molecule has 10 heavy (non-hydrogen) atoms. The van der Waals surface area contributed by atoms with E-state index >= 15 is 0 Å². The summed E-state index contributed by atoms with van der Waals surface area (Å²) in [4.78, 5) is 10.4. The van der Waals surface area contributed by atoms with Gasteiger partial charge in [-0.25, -0.2) is 12.8 Å². The fourth-order valence-corrected chi connectivity index (χ4v) is 2.12. The van der Waals surface area contributed by atoms with Crippen LogP contribution >= 0.6 is 0 Å². The van der Waals surface area contributed by atoms with E-state index in [9.17, 15) is 17.6 Å². The molecular formula is C5H7FO3S. The Labute approximate surface area is 58.1 Å². The molecule has 0 radical (unpaired) electrons. The van der Waals surface area contributed by atoms with Crippen LogP contribution < -0.4 is 0 Å². The number of Topliss-reactive ketones (excluding diaryl/α,β-unsaturated/α-hetero) is 1. The van der Waals surface area contributed by atoms with Gasteiger partial charge >= 0.3 is 0 Å².